The van der Waals surface area contributed by atoms with Gasteiger partial charge < -0.3 is 5.32 Å². The van der Waals surface area contributed by atoms with Crippen molar-refractivity contribution in [1.29, 1.82) is 0 Å². The summed E-state index contributed by atoms with van der Waals surface area (Å²) >= 11 is 11.9. The number of nitrogens with one attached hydrogen (secondary N) is 1. The van der Waals surface area contributed by atoms with Gasteiger partial charge in [-0.25, -0.2) is 0 Å². The van der Waals surface area contributed by atoms with Crippen molar-refractivity contribution in [1.82, 2.24) is 0 Å². The van der Waals surface area contributed by atoms with Gasteiger partial charge in [0, 0.05) is 21.7 Å². The zero-order valence-corrected chi connectivity index (χ0v) is 15.4. The fraction of sp³-hybridized carbons (Fsp3) is 0. The second-order valence-electron chi connectivity index (χ2n) is 5.68. The molecule has 0 spiro atoms. The number of amides is 1. The van der Waals surface area contributed by atoms with Crippen LogP contribution in [0.2, 0.25) is 10.0 Å². The van der Waals surface area contributed by atoms with Gasteiger partial charge in [0.15, 0.2) is 0 Å². The average Bonchev–Trinajstić information content (AvgIpc) is 2.69. The molecule has 0 aliphatic heterocycles. The molecule has 0 saturated carbocycles. The predicted octanol–water partition coefficient (Wildman–Crippen LogP) is 5.31. The summed E-state index contributed by atoms with van der Waals surface area (Å²) in [5, 5.41) is 3.45. The van der Waals surface area contributed by atoms with Crippen LogP contribution in [0.25, 0.3) is 0 Å². The van der Waals surface area contributed by atoms with Gasteiger partial charge in [0.25, 0.3) is 5.91 Å². The van der Waals surface area contributed by atoms with Crippen LogP contribution < -0.4 is 5.32 Å². The second-order valence-corrected chi connectivity index (χ2v) is 6.52. The lowest BCUT2D eigenvalue weighted by Gasteiger charge is -2.08. The third kappa shape index (κ3) is 4.42. The number of carbonyl (C=O) groups is 3. The topological polar surface area (TPSA) is 63.2 Å². The molecule has 4 nitrogen and oxygen atoms in total. The Bertz CT molecular complexity index is 1020. The number of halogens is 2. The molecule has 0 saturated heterocycles. The summed E-state index contributed by atoms with van der Waals surface area (Å²) < 4.78 is 0. The lowest BCUT2D eigenvalue weighted by Crippen LogP contribution is -2.15. The lowest BCUT2D eigenvalue weighted by atomic mass is 10.0. The average molecular weight is 398 g/mol. The van der Waals surface area contributed by atoms with Crippen molar-refractivity contribution in [2.75, 3.05) is 5.32 Å². The van der Waals surface area contributed by atoms with E-state index in [0.29, 0.717) is 26.9 Å². The van der Waals surface area contributed by atoms with E-state index >= 15 is 0 Å². The summed E-state index contributed by atoms with van der Waals surface area (Å²) in [5.41, 5.74) is 1.28. The third-order valence-corrected chi connectivity index (χ3v) is 4.38. The molecule has 0 unspecified atom stereocenters. The van der Waals surface area contributed by atoms with E-state index in [9.17, 15) is 14.4 Å². The Morgan fingerprint density at radius 1 is 0.667 bits per heavy atom. The maximum Gasteiger partial charge on any atom is 0.255 e. The highest BCUT2D eigenvalue weighted by atomic mass is 35.5. The first-order valence-corrected chi connectivity index (χ1v) is 8.72. The summed E-state index contributed by atoms with van der Waals surface area (Å²) in [6.45, 7) is 0. The molecule has 0 bridgehead atoms. The first-order chi connectivity index (χ1) is 13.0. The first kappa shape index (κ1) is 18.8. The summed E-state index contributed by atoms with van der Waals surface area (Å²) in [4.78, 5) is 36.9. The number of anilines is 1. The van der Waals surface area contributed by atoms with Crippen LogP contribution in [0.1, 0.15) is 31.1 Å². The lowest BCUT2D eigenvalue weighted by molar-refractivity contribution is 0.0817. The van der Waals surface area contributed by atoms with Crippen LogP contribution in [0.15, 0.2) is 72.8 Å². The van der Waals surface area contributed by atoms with E-state index in [0.717, 1.165) is 0 Å². The largest absolute Gasteiger partial charge is 0.321 e. The Labute approximate surface area is 165 Å². The normalized spacial score (nSPS) is 10.3. The van der Waals surface area contributed by atoms with Gasteiger partial charge in [0.1, 0.15) is 0 Å². The number of ketones is 2. The van der Waals surface area contributed by atoms with E-state index in [2.05, 4.69) is 5.32 Å². The third-order valence-electron chi connectivity index (χ3n) is 3.83. The maximum atomic E-state index is 12.3. The van der Waals surface area contributed by atoms with Crippen LogP contribution in [0.3, 0.4) is 0 Å². The number of hydrogen-bond acceptors (Lipinski definition) is 3. The first-order valence-electron chi connectivity index (χ1n) is 7.96. The highest BCUT2D eigenvalue weighted by Crippen LogP contribution is 2.25. The molecule has 3 rings (SSSR count). The zero-order valence-electron chi connectivity index (χ0n) is 13.9. The van der Waals surface area contributed by atoms with E-state index in [4.69, 9.17) is 23.2 Å². The van der Waals surface area contributed by atoms with Crippen molar-refractivity contribution in [2.45, 2.75) is 0 Å². The van der Waals surface area contributed by atoms with Crippen LogP contribution in [0.4, 0.5) is 5.69 Å². The van der Waals surface area contributed by atoms with Gasteiger partial charge >= 0.3 is 0 Å². The molecule has 0 atom stereocenters. The molecule has 0 fully saturated rings. The van der Waals surface area contributed by atoms with Crippen LogP contribution in [-0.2, 0) is 0 Å². The van der Waals surface area contributed by atoms with Gasteiger partial charge in [-0.05, 0) is 30.3 Å². The van der Waals surface area contributed by atoms with Crippen LogP contribution in [0.5, 0.6) is 0 Å². The molecule has 0 radical (unpaired) electrons. The maximum absolute atomic E-state index is 12.3. The Balaban J connectivity index is 1.73. The smallest absolute Gasteiger partial charge is 0.255 e. The Morgan fingerprint density at radius 2 is 1.22 bits per heavy atom. The summed E-state index contributed by atoms with van der Waals surface area (Å²) in [6, 6.07) is 18.9. The number of benzene rings is 3. The van der Waals surface area contributed by atoms with Crippen molar-refractivity contribution in [3.8, 4) is 0 Å². The molecule has 1 N–H and O–H groups in total. The van der Waals surface area contributed by atoms with Crippen LogP contribution >= 0.6 is 23.2 Å². The molecule has 1 amide bonds. The van der Waals surface area contributed by atoms with E-state index < -0.39 is 17.5 Å². The zero-order chi connectivity index (χ0) is 19.4. The summed E-state index contributed by atoms with van der Waals surface area (Å²) in [6.07, 6.45) is 0. The molecule has 3 aromatic carbocycles. The summed E-state index contributed by atoms with van der Waals surface area (Å²) in [7, 11) is 0. The van der Waals surface area contributed by atoms with E-state index in [1.54, 1.807) is 42.5 Å². The van der Waals surface area contributed by atoms with Crippen molar-refractivity contribution in [3.05, 3.63) is 99.5 Å². The highest BCUT2D eigenvalue weighted by molar-refractivity contribution is 6.49. The molecule has 27 heavy (non-hydrogen) atoms. The van der Waals surface area contributed by atoms with Gasteiger partial charge in [0.05, 0.1) is 10.7 Å². The van der Waals surface area contributed by atoms with Crippen LogP contribution in [-0.4, -0.2) is 17.5 Å². The molecular weight excluding hydrogens is 385 g/mol. The van der Waals surface area contributed by atoms with Gasteiger partial charge in [-0.1, -0.05) is 65.7 Å². The molecule has 0 aromatic heterocycles. The molecule has 6 heteroatoms. The molecule has 134 valence electrons. The highest BCUT2D eigenvalue weighted by Gasteiger charge is 2.18. The molecular formula is C21H13Cl2NO3. The number of hydrogen-bond donors (Lipinski definition) is 1. The van der Waals surface area contributed by atoms with Crippen molar-refractivity contribution >= 4 is 46.4 Å². The molecule has 0 aliphatic rings. The SMILES string of the molecule is O=C(Nc1ccc(Cl)cc1Cl)c1ccc(C(=O)C(=O)c2ccccc2)cc1. The number of Topliss-reactive ketones (excluding diaryl/α,β-unsaturated/α-hetero) is 2. The monoisotopic (exact) mass is 397 g/mol. The fourth-order valence-electron chi connectivity index (χ4n) is 2.41. The second kappa shape index (κ2) is 8.16. The Morgan fingerprint density at radius 3 is 1.81 bits per heavy atom. The Hall–Kier alpha value is -2.95. The van der Waals surface area contributed by atoms with Crippen molar-refractivity contribution in [3.63, 3.8) is 0 Å². The van der Waals surface area contributed by atoms with E-state index in [1.165, 1.54) is 30.3 Å². The van der Waals surface area contributed by atoms with Crippen LogP contribution in [0, 0.1) is 0 Å². The quantitative estimate of drug-likeness (QED) is 0.468. The molecule has 0 heterocycles. The Kier molecular flexibility index (Phi) is 5.69. The standard InChI is InChI=1S/C21H13Cl2NO3/c22-16-10-11-18(17(23)12-16)24-21(27)15-8-6-14(7-9-15)20(26)19(25)13-4-2-1-3-5-13/h1-12H,(H,24,27). The molecule has 3 aromatic rings. The van der Waals surface area contributed by atoms with E-state index in [-0.39, 0.29) is 5.56 Å². The van der Waals surface area contributed by atoms with Crippen molar-refractivity contribution in [2.24, 2.45) is 0 Å². The van der Waals surface area contributed by atoms with Crippen molar-refractivity contribution < 1.29 is 14.4 Å². The number of carbonyl (C=O) groups excluding carboxylic acids is 3. The van der Waals surface area contributed by atoms with Gasteiger partial charge in [-0.3, -0.25) is 14.4 Å². The van der Waals surface area contributed by atoms with Gasteiger partial charge in [0.2, 0.25) is 11.6 Å². The minimum absolute atomic E-state index is 0.213. The van der Waals surface area contributed by atoms with Gasteiger partial charge in [-0.15, -0.1) is 0 Å². The minimum Gasteiger partial charge on any atom is -0.321 e. The summed E-state index contributed by atoms with van der Waals surface area (Å²) in [5.74, 6) is -1.62. The van der Waals surface area contributed by atoms with Gasteiger partial charge in [-0.2, -0.15) is 0 Å². The minimum atomic E-state index is -0.631. The predicted molar refractivity (Wildman–Crippen MR) is 106 cm³/mol. The molecule has 0 aliphatic carbocycles. The van der Waals surface area contributed by atoms with E-state index in [1.807, 2.05) is 0 Å². The fourth-order valence-corrected chi connectivity index (χ4v) is 2.87. The number of rotatable bonds is 5.